The lowest BCUT2D eigenvalue weighted by Gasteiger charge is -2.32. The van der Waals surface area contributed by atoms with Gasteiger partial charge in [0.1, 0.15) is 0 Å². The number of rotatable bonds is 4. The molecule has 5 nitrogen and oxygen atoms in total. The molecule has 0 unspecified atom stereocenters. The molecule has 0 aromatic carbocycles. The molecular weight excluding hydrogens is 182 g/mol. The van der Waals surface area contributed by atoms with Crippen LogP contribution < -0.4 is 5.32 Å². The number of likely N-dealkylation sites (N-methyl/N-ethyl adjacent to an activating group) is 1. The maximum atomic E-state index is 10.2. The normalized spacial score (nSPS) is 19.5. The van der Waals surface area contributed by atoms with E-state index < -0.39 is 6.09 Å². The molecule has 0 spiro atoms. The summed E-state index contributed by atoms with van der Waals surface area (Å²) in [6, 6.07) is 0. The minimum absolute atomic E-state index is 0.557. The van der Waals surface area contributed by atoms with E-state index in [0.717, 1.165) is 39.1 Å². The van der Waals surface area contributed by atoms with Crippen molar-refractivity contribution in [2.45, 2.75) is 6.42 Å². The van der Waals surface area contributed by atoms with Crippen LogP contribution in [0.25, 0.3) is 0 Å². The molecule has 1 aliphatic heterocycles. The minimum atomic E-state index is -0.927. The number of carboxylic acid groups (broad SMARTS) is 1. The molecule has 1 fully saturated rings. The van der Waals surface area contributed by atoms with Crippen LogP contribution in [-0.2, 0) is 0 Å². The van der Waals surface area contributed by atoms with E-state index in [1.807, 2.05) is 0 Å². The molecule has 0 saturated carbocycles. The summed E-state index contributed by atoms with van der Waals surface area (Å²) in [4.78, 5) is 14.9. The molecule has 1 amide bonds. The molecule has 0 aliphatic carbocycles. The Morgan fingerprint density at radius 1 is 1.36 bits per heavy atom. The second kappa shape index (κ2) is 5.82. The Kier molecular flexibility index (Phi) is 4.69. The SMILES string of the molecule is CN1CCN(CCCNC(=O)O)CC1. The minimum Gasteiger partial charge on any atom is -0.465 e. The van der Waals surface area contributed by atoms with Crippen molar-refractivity contribution in [1.82, 2.24) is 15.1 Å². The number of carbonyl (C=O) groups is 1. The maximum absolute atomic E-state index is 10.2. The van der Waals surface area contributed by atoms with Crippen molar-refractivity contribution in [1.29, 1.82) is 0 Å². The number of piperazine rings is 1. The molecule has 1 aliphatic rings. The van der Waals surface area contributed by atoms with Crippen LogP contribution in [-0.4, -0.2) is 67.3 Å². The zero-order chi connectivity index (χ0) is 10.4. The second-order valence-electron chi connectivity index (χ2n) is 3.73. The van der Waals surface area contributed by atoms with Crippen molar-refractivity contribution in [3.05, 3.63) is 0 Å². The first-order valence-electron chi connectivity index (χ1n) is 5.06. The summed E-state index contributed by atoms with van der Waals surface area (Å²) in [6.07, 6.45) is -0.0286. The fraction of sp³-hybridized carbons (Fsp3) is 0.889. The Balaban J connectivity index is 1.99. The zero-order valence-corrected chi connectivity index (χ0v) is 8.70. The van der Waals surface area contributed by atoms with Crippen LogP contribution in [0.3, 0.4) is 0 Å². The number of hydrogen-bond donors (Lipinski definition) is 2. The highest BCUT2D eigenvalue weighted by molar-refractivity contribution is 5.64. The van der Waals surface area contributed by atoms with Crippen molar-refractivity contribution >= 4 is 6.09 Å². The fourth-order valence-electron chi connectivity index (χ4n) is 1.57. The molecule has 1 heterocycles. The summed E-state index contributed by atoms with van der Waals surface area (Å²) in [5.74, 6) is 0. The summed E-state index contributed by atoms with van der Waals surface area (Å²) in [6.45, 7) is 5.99. The average Bonchev–Trinajstić information content (AvgIpc) is 2.15. The average molecular weight is 201 g/mol. The summed E-state index contributed by atoms with van der Waals surface area (Å²) >= 11 is 0. The Bertz CT molecular complexity index is 179. The van der Waals surface area contributed by atoms with Crippen molar-refractivity contribution < 1.29 is 9.90 Å². The third-order valence-corrected chi connectivity index (χ3v) is 2.52. The Hall–Kier alpha value is -0.810. The van der Waals surface area contributed by atoms with Gasteiger partial charge in [0, 0.05) is 32.7 Å². The van der Waals surface area contributed by atoms with Crippen LogP contribution in [0.2, 0.25) is 0 Å². The predicted octanol–water partition coefficient (Wildman–Crippen LogP) is -0.108. The van der Waals surface area contributed by atoms with E-state index in [1.54, 1.807) is 0 Å². The van der Waals surface area contributed by atoms with Gasteiger partial charge in [0.25, 0.3) is 0 Å². The van der Waals surface area contributed by atoms with Gasteiger partial charge >= 0.3 is 6.09 Å². The first-order chi connectivity index (χ1) is 6.68. The summed E-state index contributed by atoms with van der Waals surface area (Å²) < 4.78 is 0. The highest BCUT2D eigenvalue weighted by atomic mass is 16.4. The highest BCUT2D eigenvalue weighted by Crippen LogP contribution is 1.99. The number of nitrogens with zero attached hydrogens (tertiary/aromatic N) is 2. The van der Waals surface area contributed by atoms with Crippen LogP contribution in [0.5, 0.6) is 0 Å². The van der Waals surface area contributed by atoms with Gasteiger partial charge in [-0.15, -0.1) is 0 Å². The molecule has 14 heavy (non-hydrogen) atoms. The van der Waals surface area contributed by atoms with Crippen LogP contribution in [0.15, 0.2) is 0 Å². The topological polar surface area (TPSA) is 55.8 Å². The van der Waals surface area contributed by atoms with Crippen molar-refractivity contribution in [2.75, 3.05) is 46.3 Å². The van der Waals surface area contributed by atoms with Gasteiger partial charge in [-0.3, -0.25) is 0 Å². The van der Waals surface area contributed by atoms with Crippen molar-refractivity contribution in [2.24, 2.45) is 0 Å². The monoisotopic (exact) mass is 201 g/mol. The molecule has 1 saturated heterocycles. The van der Waals surface area contributed by atoms with Gasteiger partial charge in [-0.25, -0.2) is 4.79 Å². The van der Waals surface area contributed by atoms with E-state index in [4.69, 9.17) is 5.11 Å². The lowest BCUT2D eigenvalue weighted by Crippen LogP contribution is -2.45. The number of hydrogen-bond acceptors (Lipinski definition) is 3. The van der Waals surface area contributed by atoms with Crippen LogP contribution in [0, 0.1) is 0 Å². The van der Waals surface area contributed by atoms with E-state index in [1.165, 1.54) is 0 Å². The molecule has 0 aromatic rings. The van der Waals surface area contributed by atoms with E-state index in [9.17, 15) is 4.79 Å². The first-order valence-corrected chi connectivity index (χ1v) is 5.06. The zero-order valence-electron chi connectivity index (χ0n) is 8.70. The summed E-state index contributed by atoms with van der Waals surface area (Å²) in [5, 5.41) is 10.7. The maximum Gasteiger partial charge on any atom is 0.404 e. The smallest absolute Gasteiger partial charge is 0.404 e. The lowest BCUT2D eigenvalue weighted by atomic mass is 10.3. The fourth-order valence-corrected chi connectivity index (χ4v) is 1.57. The standard InChI is InChI=1S/C9H19N3O2/c1-11-5-7-12(8-6-11)4-2-3-10-9(13)14/h10H,2-8H2,1H3,(H,13,14). The third kappa shape index (κ3) is 4.43. The summed E-state index contributed by atoms with van der Waals surface area (Å²) in [7, 11) is 2.13. The molecular formula is C9H19N3O2. The molecule has 0 atom stereocenters. The third-order valence-electron chi connectivity index (χ3n) is 2.52. The van der Waals surface area contributed by atoms with Gasteiger partial charge in [0.05, 0.1) is 0 Å². The van der Waals surface area contributed by atoms with Gasteiger partial charge in [0.2, 0.25) is 0 Å². The van der Waals surface area contributed by atoms with Crippen LogP contribution in [0.1, 0.15) is 6.42 Å². The van der Waals surface area contributed by atoms with Gasteiger partial charge < -0.3 is 20.2 Å². The first kappa shape index (κ1) is 11.3. The van der Waals surface area contributed by atoms with Gasteiger partial charge in [-0.05, 0) is 20.0 Å². The second-order valence-corrected chi connectivity index (χ2v) is 3.73. The molecule has 2 N–H and O–H groups in total. The molecule has 0 bridgehead atoms. The number of amides is 1. The molecule has 82 valence electrons. The van der Waals surface area contributed by atoms with Gasteiger partial charge in [-0.1, -0.05) is 0 Å². The van der Waals surface area contributed by atoms with Crippen molar-refractivity contribution in [3.63, 3.8) is 0 Å². The van der Waals surface area contributed by atoms with E-state index >= 15 is 0 Å². The van der Waals surface area contributed by atoms with Crippen LogP contribution in [0.4, 0.5) is 4.79 Å². The Labute approximate surface area is 84.7 Å². The highest BCUT2D eigenvalue weighted by Gasteiger charge is 2.12. The molecule has 0 radical (unpaired) electrons. The molecule has 1 rings (SSSR count). The largest absolute Gasteiger partial charge is 0.465 e. The quantitative estimate of drug-likeness (QED) is 0.623. The molecule has 5 heteroatoms. The van der Waals surface area contributed by atoms with E-state index in [0.29, 0.717) is 6.54 Å². The summed E-state index contributed by atoms with van der Waals surface area (Å²) in [5.41, 5.74) is 0. The number of nitrogens with one attached hydrogen (secondary N) is 1. The van der Waals surface area contributed by atoms with Crippen molar-refractivity contribution in [3.8, 4) is 0 Å². The Morgan fingerprint density at radius 3 is 2.57 bits per heavy atom. The van der Waals surface area contributed by atoms with Crippen LogP contribution >= 0.6 is 0 Å². The van der Waals surface area contributed by atoms with E-state index in [-0.39, 0.29) is 0 Å². The lowest BCUT2D eigenvalue weighted by molar-refractivity contribution is 0.152. The Morgan fingerprint density at radius 2 is 2.00 bits per heavy atom. The molecule has 0 aromatic heterocycles. The predicted molar refractivity (Wildman–Crippen MR) is 54.6 cm³/mol. The van der Waals surface area contributed by atoms with E-state index in [2.05, 4.69) is 22.2 Å². The van der Waals surface area contributed by atoms with Gasteiger partial charge in [0.15, 0.2) is 0 Å². The van der Waals surface area contributed by atoms with Gasteiger partial charge in [-0.2, -0.15) is 0 Å².